The number of fused-ring (bicyclic) bond motifs is 1. The van der Waals surface area contributed by atoms with Crippen LogP contribution in [0.3, 0.4) is 0 Å². The summed E-state index contributed by atoms with van der Waals surface area (Å²) in [5, 5.41) is 12.2. The Morgan fingerprint density at radius 2 is 1.91 bits per heavy atom. The van der Waals surface area contributed by atoms with E-state index < -0.39 is 23.1 Å². The molecule has 182 valence electrons. The standard InChI is InChI=1S/C22H19ClF3N7O2/c1-21(31-11-18(34)28-12-31)16(14-3-5-15(23)6-4-14)9-29-33-19(21)30-32(20(33)35)10-13-2-7-17(27-8-13)22(24,25)26/h2-9,16H,10-12H2,1H3,(H,28,34). The molecule has 0 bridgehead atoms. The highest BCUT2D eigenvalue weighted by Gasteiger charge is 2.50. The maximum absolute atomic E-state index is 13.1. The highest BCUT2D eigenvalue weighted by molar-refractivity contribution is 6.30. The molecule has 1 saturated heterocycles. The van der Waals surface area contributed by atoms with E-state index in [4.69, 9.17) is 11.6 Å². The Bertz CT molecular complexity index is 1370. The number of aromatic nitrogens is 4. The molecule has 0 radical (unpaired) electrons. The van der Waals surface area contributed by atoms with Gasteiger partial charge in [-0.2, -0.15) is 28.0 Å². The van der Waals surface area contributed by atoms with E-state index >= 15 is 0 Å². The van der Waals surface area contributed by atoms with Crippen molar-refractivity contribution in [3.05, 3.63) is 80.7 Å². The van der Waals surface area contributed by atoms with E-state index in [1.165, 1.54) is 6.07 Å². The summed E-state index contributed by atoms with van der Waals surface area (Å²) >= 11 is 6.06. The number of pyridine rings is 1. The SMILES string of the molecule is CC1(N2CNC(=O)C2)c2nn(Cc3ccc(C(F)(F)F)nc3)c(=O)n2N=CC1c1ccc(Cl)cc1. The molecule has 1 N–H and O–H groups in total. The van der Waals surface area contributed by atoms with Gasteiger partial charge in [-0.1, -0.05) is 29.8 Å². The predicted molar refractivity (Wildman–Crippen MR) is 120 cm³/mol. The topological polar surface area (TPSA) is 97.4 Å². The molecule has 5 rings (SSSR count). The average molecular weight is 506 g/mol. The first kappa shape index (κ1) is 23.2. The molecule has 2 aliphatic rings. The fourth-order valence-corrected chi connectivity index (χ4v) is 4.54. The summed E-state index contributed by atoms with van der Waals surface area (Å²) < 4.78 is 40.8. The molecule has 9 nitrogen and oxygen atoms in total. The number of halogens is 4. The smallest absolute Gasteiger partial charge is 0.342 e. The summed E-state index contributed by atoms with van der Waals surface area (Å²) in [6, 6.07) is 9.30. The molecule has 2 atom stereocenters. The van der Waals surface area contributed by atoms with Gasteiger partial charge in [0.1, 0.15) is 5.69 Å². The Morgan fingerprint density at radius 3 is 2.51 bits per heavy atom. The molecular formula is C22H19ClF3N7O2. The van der Waals surface area contributed by atoms with E-state index in [0.717, 1.165) is 27.2 Å². The second-order valence-corrected chi connectivity index (χ2v) is 8.96. The molecule has 13 heteroatoms. The number of nitrogens with one attached hydrogen (secondary N) is 1. The van der Waals surface area contributed by atoms with Gasteiger partial charge in [-0.15, -0.1) is 0 Å². The summed E-state index contributed by atoms with van der Waals surface area (Å²) in [4.78, 5) is 30.5. The van der Waals surface area contributed by atoms with Crippen molar-refractivity contribution in [3.8, 4) is 0 Å². The zero-order valence-electron chi connectivity index (χ0n) is 18.3. The molecule has 2 aromatic heterocycles. The molecule has 1 aromatic carbocycles. The Morgan fingerprint density at radius 1 is 1.17 bits per heavy atom. The lowest BCUT2D eigenvalue weighted by molar-refractivity contribution is -0.141. The van der Waals surface area contributed by atoms with Crippen LogP contribution in [-0.2, 0) is 23.1 Å². The maximum Gasteiger partial charge on any atom is 0.433 e. The minimum atomic E-state index is -4.56. The van der Waals surface area contributed by atoms with Gasteiger partial charge in [0.25, 0.3) is 0 Å². The van der Waals surface area contributed by atoms with Gasteiger partial charge in [0.05, 0.1) is 25.3 Å². The molecule has 0 spiro atoms. The van der Waals surface area contributed by atoms with Crippen molar-refractivity contribution in [1.82, 2.24) is 29.7 Å². The Balaban J connectivity index is 1.56. The lowest BCUT2D eigenvalue weighted by Crippen LogP contribution is -2.51. The summed E-state index contributed by atoms with van der Waals surface area (Å²) in [6.07, 6.45) is -1.86. The van der Waals surface area contributed by atoms with E-state index in [1.807, 2.05) is 24.0 Å². The van der Waals surface area contributed by atoms with E-state index in [0.29, 0.717) is 16.4 Å². The van der Waals surface area contributed by atoms with E-state index in [1.54, 1.807) is 18.3 Å². The van der Waals surface area contributed by atoms with Gasteiger partial charge in [-0.3, -0.25) is 14.7 Å². The summed E-state index contributed by atoms with van der Waals surface area (Å²) in [6.45, 7) is 2.12. The van der Waals surface area contributed by atoms with Crippen LogP contribution in [0.1, 0.15) is 35.5 Å². The first-order valence-electron chi connectivity index (χ1n) is 10.6. The van der Waals surface area contributed by atoms with Gasteiger partial charge in [0.2, 0.25) is 5.91 Å². The third-order valence-corrected chi connectivity index (χ3v) is 6.59. The average Bonchev–Trinajstić information content (AvgIpc) is 3.39. The van der Waals surface area contributed by atoms with Crippen LogP contribution >= 0.6 is 11.6 Å². The van der Waals surface area contributed by atoms with Crippen molar-refractivity contribution in [3.63, 3.8) is 0 Å². The summed E-state index contributed by atoms with van der Waals surface area (Å²) in [5.74, 6) is -0.225. The van der Waals surface area contributed by atoms with Crippen LogP contribution in [-0.4, -0.2) is 49.7 Å². The number of hydrogen-bond acceptors (Lipinski definition) is 6. The number of amides is 1. The molecule has 4 heterocycles. The van der Waals surface area contributed by atoms with Gasteiger partial charge >= 0.3 is 11.9 Å². The summed E-state index contributed by atoms with van der Waals surface area (Å²) in [5.41, 5.74) is -1.30. The molecule has 1 amide bonds. The van der Waals surface area contributed by atoms with Crippen molar-refractivity contribution in [2.45, 2.75) is 31.1 Å². The fraction of sp³-hybridized carbons (Fsp3) is 0.318. The minimum Gasteiger partial charge on any atom is -0.342 e. The van der Waals surface area contributed by atoms with Crippen LogP contribution in [0, 0.1) is 0 Å². The number of nitrogens with zero attached hydrogens (tertiary/aromatic N) is 6. The third kappa shape index (κ3) is 4.02. The molecule has 2 unspecified atom stereocenters. The van der Waals surface area contributed by atoms with Crippen LogP contribution in [0.5, 0.6) is 0 Å². The van der Waals surface area contributed by atoms with Gasteiger partial charge in [-0.05, 0) is 36.2 Å². The molecule has 35 heavy (non-hydrogen) atoms. The molecule has 0 saturated carbocycles. The third-order valence-electron chi connectivity index (χ3n) is 6.34. The number of carbonyl (C=O) groups excluding carboxylic acids is 1. The van der Waals surface area contributed by atoms with Gasteiger partial charge in [0.15, 0.2) is 5.82 Å². The monoisotopic (exact) mass is 505 g/mol. The second-order valence-electron chi connectivity index (χ2n) is 8.52. The van der Waals surface area contributed by atoms with Gasteiger partial charge < -0.3 is 5.32 Å². The first-order valence-corrected chi connectivity index (χ1v) is 11.0. The van der Waals surface area contributed by atoms with Crippen LogP contribution in [0.2, 0.25) is 5.02 Å². The Labute approximate surface area is 201 Å². The number of carbonyl (C=O) groups is 1. The van der Waals surface area contributed by atoms with Gasteiger partial charge in [0, 0.05) is 23.4 Å². The highest BCUT2D eigenvalue weighted by atomic mass is 35.5. The number of alkyl halides is 3. The molecule has 3 aromatic rings. The number of benzene rings is 1. The fourth-order valence-electron chi connectivity index (χ4n) is 4.41. The van der Waals surface area contributed by atoms with Gasteiger partial charge in [-0.25, -0.2) is 9.48 Å². The Kier molecular flexibility index (Phi) is 5.52. The molecule has 1 fully saturated rings. The predicted octanol–water partition coefficient (Wildman–Crippen LogP) is 2.40. The number of hydrogen-bond donors (Lipinski definition) is 1. The quantitative estimate of drug-likeness (QED) is 0.587. The molecule has 2 aliphatic heterocycles. The highest BCUT2D eigenvalue weighted by Crippen LogP contribution is 2.42. The van der Waals surface area contributed by atoms with Crippen LogP contribution in [0.15, 0.2) is 52.5 Å². The second kappa shape index (κ2) is 8.31. The molecule has 0 aliphatic carbocycles. The lowest BCUT2D eigenvalue weighted by atomic mass is 9.78. The van der Waals surface area contributed by atoms with E-state index in [2.05, 4.69) is 20.5 Å². The minimum absolute atomic E-state index is 0.0955. The summed E-state index contributed by atoms with van der Waals surface area (Å²) in [7, 11) is 0. The van der Waals surface area contributed by atoms with Crippen molar-refractivity contribution >= 4 is 23.7 Å². The van der Waals surface area contributed by atoms with E-state index in [-0.39, 0.29) is 31.6 Å². The van der Waals surface area contributed by atoms with Crippen LogP contribution < -0.4 is 11.0 Å². The Hall–Kier alpha value is -3.51. The zero-order valence-corrected chi connectivity index (χ0v) is 19.1. The largest absolute Gasteiger partial charge is 0.433 e. The zero-order chi connectivity index (χ0) is 25.0. The lowest BCUT2D eigenvalue weighted by Gasteiger charge is -2.42. The first-order chi connectivity index (χ1) is 16.6. The van der Waals surface area contributed by atoms with Crippen molar-refractivity contribution in [1.29, 1.82) is 0 Å². The van der Waals surface area contributed by atoms with Crippen LogP contribution in [0.25, 0.3) is 0 Å². The van der Waals surface area contributed by atoms with Crippen LogP contribution in [0.4, 0.5) is 13.2 Å². The number of rotatable bonds is 4. The van der Waals surface area contributed by atoms with Crippen molar-refractivity contribution < 1.29 is 18.0 Å². The maximum atomic E-state index is 13.1. The van der Waals surface area contributed by atoms with Crippen molar-refractivity contribution in [2.75, 3.05) is 13.2 Å². The normalized spacial score (nSPS) is 22.3. The van der Waals surface area contributed by atoms with E-state index in [9.17, 15) is 22.8 Å². The van der Waals surface area contributed by atoms with Crippen molar-refractivity contribution in [2.24, 2.45) is 5.10 Å². The molecular weight excluding hydrogens is 487 g/mol.